The van der Waals surface area contributed by atoms with Gasteiger partial charge in [-0.1, -0.05) is 24.3 Å². The van der Waals surface area contributed by atoms with Crippen molar-refractivity contribution in [1.29, 1.82) is 0 Å². The molecule has 0 aromatic heterocycles. The minimum Gasteiger partial charge on any atom is -0.461 e. The highest BCUT2D eigenvalue weighted by Crippen LogP contribution is 2.23. The van der Waals surface area contributed by atoms with Gasteiger partial charge in [-0.25, -0.2) is 0 Å². The van der Waals surface area contributed by atoms with Crippen LogP contribution in [0.4, 0.5) is 5.69 Å². The molecule has 0 heterocycles. The van der Waals surface area contributed by atoms with Crippen LogP contribution in [0.5, 0.6) is 0 Å². The molecule has 26 heavy (non-hydrogen) atoms. The molecule has 1 aliphatic carbocycles. The predicted octanol–water partition coefficient (Wildman–Crippen LogP) is 3.79. The van der Waals surface area contributed by atoms with Crippen molar-refractivity contribution < 1.29 is 19.2 Å². The van der Waals surface area contributed by atoms with E-state index < -0.39 is 10.9 Å². The third-order valence-corrected chi connectivity index (χ3v) is 4.50. The Morgan fingerprint density at radius 2 is 1.85 bits per heavy atom. The molecule has 134 valence electrons. The number of nitrogens with zero attached hydrogens (tertiary/aromatic N) is 1. The minimum absolute atomic E-state index is 0.00908. The van der Waals surface area contributed by atoms with Crippen molar-refractivity contribution in [1.82, 2.24) is 0 Å². The lowest BCUT2D eigenvalue weighted by atomic mass is 10.0. The number of Topliss-reactive ketones (excluding diaryl/α,β-unsaturated/α-hetero) is 1. The SMILES string of the molecule is O=C(CCC(=O)c1ccc2c(c1)CCC2)OCc1cccc([N+](=O)[O-])c1. The Morgan fingerprint density at radius 3 is 2.65 bits per heavy atom. The Labute approximate surface area is 150 Å². The number of carbonyl (C=O) groups excluding carboxylic acids is 2. The first-order valence-electron chi connectivity index (χ1n) is 8.57. The van der Waals surface area contributed by atoms with E-state index in [4.69, 9.17) is 4.74 Å². The normalized spacial score (nSPS) is 12.5. The van der Waals surface area contributed by atoms with Gasteiger partial charge in [0.25, 0.3) is 5.69 Å². The smallest absolute Gasteiger partial charge is 0.306 e. The number of rotatable bonds is 7. The monoisotopic (exact) mass is 353 g/mol. The molecular formula is C20H19NO5. The highest BCUT2D eigenvalue weighted by atomic mass is 16.6. The van der Waals surface area contributed by atoms with Gasteiger partial charge in [-0.15, -0.1) is 0 Å². The highest BCUT2D eigenvalue weighted by molar-refractivity contribution is 5.97. The number of nitro groups is 1. The summed E-state index contributed by atoms with van der Waals surface area (Å²) in [6.07, 6.45) is 3.27. The summed E-state index contributed by atoms with van der Waals surface area (Å²) in [7, 11) is 0. The first-order valence-corrected chi connectivity index (χ1v) is 8.57. The number of fused-ring (bicyclic) bond motifs is 1. The van der Waals surface area contributed by atoms with Gasteiger partial charge >= 0.3 is 5.97 Å². The van der Waals surface area contributed by atoms with Gasteiger partial charge < -0.3 is 4.74 Å². The molecule has 2 aromatic rings. The van der Waals surface area contributed by atoms with Crippen molar-refractivity contribution in [2.75, 3.05) is 0 Å². The van der Waals surface area contributed by atoms with E-state index in [2.05, 4.69) is 0 Å². The summed E-state index contributed by atoms with van der Waals surface area (Å²) in [5.41, 5.74) is 3.65. The third-order valence-electron chi connectivity index (χ3n) is 4.50. The molecule has 0 saturated heterocycles. The summed E-state index contributed by atoms with van der Waals surface area (Å²) in [5.74, 6) is -0.571. The molecule has 0 amide bonds. The fraction of sp³-hybridized carbons (Fsp3) is 0.300. The van der Waals surface area contributed by atoms with Gasteiger partial charge in [0.1, 0.15) is 6.61 Å². The minimum atomic E-state index is -0.499. The second-order valence-corrected chi connectivity index (χ2v) is 6.35. The fourth-order valence-corrected chi connectivity index (χ4v) is 3.10. The van der Waals surface area contributed by atoms with Crippen LogP contribution in [0.2, 0.25) is 0 Å². The van der Waals surface area contributed by atoms with E-state index in [0.29, 0.717) is 11.1 Å². The molecule has 6 nitrogen and oxygen atoms in total. The molecule has 0 saturated carbocycles. The van der Waals surface area contributed by atoms with E-state index in [1.807, 2.05) is 18.2 Å². The standard InChI is InChI=1S/C20H19NO5/c22-19(17-8-7-15-4-2-5-16(15)12-17)9-10-20(23)26-13-14-3-1-6-18(11-14)21(24)25/h1,3,6-8,11-12H,2,4-5,9-10,13H2. The molecule has 0 fully saturated rings. The first-order chi connectivity index (χ1) is 12.5. The van der Waals surface area contributed by atoms with Gasteiger partial charge in [0.05, 0.1) is 11.3 Å². The Morgan fingerprint density at radius 1 is 1.04 bits per heavy atom. The molecular weight excluding hydrogens is 334 g/mol. The molecule has 1 aliphatic rings. The molecule has 6 heteroatoms. The summed E-state index contributed by atoms with van der Waals surface area (Å²) in [6, 6.07) is 11.7. The van der Waals surface area contributed by atoms with Crippen LogP contribution >= 0.6 is 0 Å². The lowest BCUT2D eigenvalue weighted by Crippen LogP contribution is -2.08. The Kier molecular flexibility index (Phi) is 5.41. The second kappa shape index (κ2) is 7.91. The number of ketones is 1. The molecule has 0 bridgehead atoms. The lowest BCUT2D eigenvalue weighted by Gasteiger charge is -2.06. The maximum atomic E-state index is 12.3. The quantitative estimate of drug-likeness (QED) is 0.327. The number of hydrogen-bond donors (Lipinski definition) is 0. The summed E-state index contributed by atoms with van der Waals surface area (Å²) >= 11 is 0. The van der Waals surface area contributed by atoms with Crippen LogP contribution in [0.3, 0.4) is 0 Å². The molecule has 3 rings (SSSR count). The first kappa shape index (κ1) is 17.8. The Bertz CT molecular complexity index is 859. The molecule has 0 aliphatic heterocycles. The maximum Gasteiger partial charge on any atom is 0.306 e. The summed E-state index contributed by atoms with van der Waals surface area (Å²) in [4.78, 5) is 34.3. The van der Waals surface area contributed by atoms with Gasteiger partial charge in [-0.2, -0.15) is 0 Å². The van der Waals surface area contributed by atoms with Crippen molar-refractivity contribution in [3.05, 3.63) is 74.8 Å². The van der Waals surface area contributed by atoms with Crippen molar-refractivity contribution >= 4 is 17.4 Å². The van der Waals surface area contributed by atoms with Crippen molar-refractivity contribution in [2.24, 2.45) is 0 Å². The van der Waals surface area contributed by atoms with E-state index in [-0.39, 0.29) is 30.9 Å². The predicted molar refractivity (Wildman–Crippen MR) is 94.9 cm³/mol. The molecule has 0 atom stereocenters. The number of aryl methyl sites for hydroxylation is 2. The van der Waals surface area contributed by atoms with Gasteiger partial charge in [0.15, 0.2) is 5.78 Å². The molecule has 0 N–H and O–H groups in total. The van der Waals surface area contributed by atoms with E-state index >= 15 is 0 Å². The summed E-state index contributed by atoms with van der Waals surface area (Å²) < 4.78 is 5.11. The van der Waals surface area contributed by atoms with Crippen LogP contribution in [-0.2, 0) is 29.0 Å². The number of nitro benzene ring substituents is 1. The van der Waals surface area contributed by atoms with Gasteiger partial charge in [0.2, 0.25) is 0 Å². The molecule has 0 radical (unpaired) electrons. The van der Waals surface area contributed by atoms with E-state index in [1.165, 1.54) is 23.3 Å². The van der Waals surface area contributed by atoms with Gasteiger partial charge in [0, 0.05) is 24.1 Å². The van der Waals surface area contributed by atoms with Crippen molar-refractivity contribution in [2.45, 2.75) is 38.7 Å². The Balaban J connectivity index is 1.49. The van der Waals surface area contributed by atoms with Crippen LogP contribution in [0.15, 0.2) is 42.5 Å². The van der Waals surface area contributed by atoms with Crippen LogP contribution in [0.1, 0.15) is 46.3 Å². The molecule has 2 aromatic carbocycles. The fourth-order valence-electron chi connectivity index (χ4n) is 3.10. The van der Waals surface area contributed by atoms with Crippen LogP contribution in [0.25, 0.3) is 0 Å². The molecule has 0 spiro atoms. The van der Waals surface area contributed by atoms with Crippen LogP contribution in [0, 0.1) is 10.1 Å². The summed E-state index contributed by atoms with van der Waals surface area (Å²) in [6.45, 7) is -0.0481. The number of carbonyl (C=O) groups is 2. The zero-order valence-corrected chi connectivity index (χ0v) is 14.3. The van der Waals surface area contributed by atoms with E-state index in [1.54, 1.807) is 12.1 Å². The highest BCUT2D eigenvalue weighted by Gasteiger charge is 2.15. The number of hydrogen-bond acceptors (Lipinski definition) is 5. The average molecular weight is 353 g/mol. The van der Waals surface area contributed by atoms with Gasteiger partial charge in [-0.05, 0) is 42.0 Å². The number of benzene rings is 2. The van der Waals surface area contributed by atoms with Crippen molar-refractivity contribution in [3.63, 3.8) is 0 Å². The topological polar surface area (TPSA) is 86.5 Å². The zero-order valence-electron chi connectivity index (χ0n) is 14.3. The van der Waals surface area contributed by atoms with Gasteiger partial charge in [-0.3, -0.25) is 19.7 Å². The number of esters is 1. The van der Waals surface area contributed by atoms with E-state index in [9.17, 15) is 19.7 Å². The zero-order chi connectivity index (χ0) is 18.5. The number of ether oxygens (including phenoxy) is 1. The van der Waals surface area contributed by atoms with Crippen LogP contribution in [-0.4, -0.2) is 16.7 Å². The lowest BCUT2D eigenvalue weighted by molar-refractivity contribution is -0.384. The second-order valence-electron chi connectivity index (χ2n) is 6.35. The largest absolute Gasteiger partial charge is 0.461 e. The average Bonchev–Trinajstić information content (AvgIpc) is 3.12. The van der Waals surface area contributed by atoms with Crippen LogP contribution < -0.4 is 0 Å². The number of non-ortho nitro benzene ring substituents is 1. The third kappa shape index (κ3) is 4.33. The molecule has 0 unspecified atom stereocenters. The van der Waals surface area contributed by atoms with Crippen molar-refractivity contribution in [3.8, 4) is 0 Å². The Hall–Kier alpha value is -3.02. The maximum absolute atomic E-state index is 12.3. The summed E-state index contributed by atoms with van der Waals surface area (Å²) in [5, 5.41) is 10.7. The van der Waals surface area contributed by atoms with E-state index in [0.717, 1.165) is 19.3 Å².